The number of ketones is 1. The van der Waals surface area contributed by atoms with Crippen molar-refractivity contribution in [2.45, 2.75) is 39.0 Å². The smallest absolute Gasteiger partial charge is 0.317 e. The van der Waals surface area contributed by atoms with Gasteiger partial charge in [0.05, 0.1) is 13.7 Å². The first kappa shape index (κ1) is 20.8. The Balaban J connectivity index is 1.98. The highest BCUT2D eigenvalue weighted by molar-refractivity contribution is 6.10. The highest BCUT2D eigenvalue weighted by atomic mass is 16.5. The van der Waals surface area contributed by atoms with Gasteiger partial charge in [0.15, 0.2) is 5.78 Å². The standard InChI is InChI=1S/C25H28O4/c1-5-29-25(27)24-22(19-8-6-17(7-9-19)16(2)3)14-20(15-23(24)26)18-10-12-21(28-4)13-11-18/h6-13,15-16,22,24H,5,14H2,1-4H3. The van der Waals surface area contributed by atoms with Crippen LogP contribution in [0.1, 0.15) is 55.7 Å². The lowest BCUT2D eigenvalue weighted by Crippen LogP contribution is -2.34. The minimum absolute atomic E-state index is 0.196. The third-order valence-electron chi connectivity index (χ3n) is 5.50. The number of esters is 1. The summed E-state index contributed by atoms with van der Waals surface area (Å²) in [6, 6.07) is 15.9. The maximum Gasteiger partial charge on any atom is 0.317 e. The first-order valence-corrected chi connectivity index (χ1v) is 10.1. The summed E-state index contributed by atoms with van der Waals surface area (Å²) in [6.07, 6.45) is 2.20. The zero-order valence-electron chi connectivity index (χ0n) is 17.5. The van der Waals surface area contributed by atoms with E-state index in [4.69, 9.17) is 9.47 Å². The van der Waals surface area contributed by atoms with Gasteiger partial charge in [-0.1, -0.05) is 50.2 Å². The van der Waals surface area contributed by atoms with Crippen molar-refractivity contribution in [3.63, 3.8) is 0 Å². The normalized spacial score (nSPS) is 19.1. The summed E-state index contributed by atoms with van der Waals surface area (Å²) in [4.78, 5) is 25.6. The number of carbonyl (C=O) groups is 2. The van der Waals surface area contributed by atoms with E-state index in [0.717, 1.165) is 22.4 Å². The SMILES string of the molecule is CCOC(=O)C1C(=O)C=C(c2ccc(OC)cc2)CC1c1ccc(C(C)C)cc1. The summed E-state index contributed by atoms with van der Waals surface area (Å²) in [5.41, 5.74) is 4.11. The Morgan fingerprint density at radius 2 is 1.72 bits per heavy atom. The van der Waals surface area contributed by atoms with Gasteiger partial charge in [0.2, 0.25) is 0 Å². The Labute approximate surface area is 172 Å². The Morgan fingerprint density at radius 3 is 2.28 bits per heavy atom. The van der Waals surface area contributed by atoms with Crippen molar-refractivity contribution >= 4 is 17.3 Å². The molecule has 2 aromatic rings. The molecule has 4 nitrogen and oxygen atoms in total. The molecule has 152 valence electrons. The van der Waals surface area contributed by atoms with Crippen LogP contribution in [0.4, 0.5) is 0 Å². The first-order chi connectivity index (χ1) is 13.9. The molecule has 0 aliphatic heterocycles. The van der Waals surface area contributed by atoms with Crippen LogP contribution in [0.25, 0.3) is 5.57 Å². The Morgan fingerprint density at radius 1 is 1.07 bits per heavy atom. The fourth-order valence-corrected chi connectivity index (χ4v) is 3.83. The number of hydrogen-bond acceptors (Lipinski definition) is 4. The van der Waals surface area contributed by atoms with Crippen LogP contribution in [0.3, 0.4) is 0 Å². The van der Waals surface area contributed by atoms with Gasteiger partial charge in [-0.2, -0.15) is 0 Å². The van der Waals surface area contributed by atoms with Gasteiger partial charge >= 0.3 is 5.97 Å². The second kappa shape index (κ2) is 9.08. The molecule has 0 radical (unpaired) electrons. The van der Waals surface area contributed by atoms with Crippen molar-refractivity contribution in [1.29, 1.82) is 0 Å². The third-order valence-corrected chi connectivity index (χ3v) is 5.50. The number of ether oxygens (including phenoxy) is 2. The molecule has 0 fully saturated rings. The fourth-order valence-electron chi connectivity index (χ4n) is 3.83. The topological polar surface area (TPSA) is 52.6 Å². The summed E-state index contributed by atoms with van der Waals surface area (Å²) < 4.78 is 10.5. The van der Waals surface area contributed by atoms with Crippen molar-refractivity contribution in [2.75, 3.05) is 13.7 Å². The molecule has 0 heterocycles. The maximum absolute atomic E-state index is 13.0. The zero-order valence-corrected chi connectivity index (χ0v) is 17.5. The largest absolute Gasteiger partial charge is 0.497 e. The van der Waals surface area contributed by atoms with Crippen LogP contribution in [0, 0.1) is 5.92 Å². The molecule has 0 saturated carbocycles. The van der Waals surface area contributed by atoms with Gasteiger partial charge in [-0.15, -0.1) is 0 Å². The van der Waals surface area contributed by atoms with Crippen molar-refractivity contribution < 1.29 is 19.1 Å². The molecular formula is C25H28O4. The van der Waals surface area contributed by atoms with E-state index in [-0.39, 0.29) is 18.3 Å². The molecule has 1 aliphatic carbocycles. The third kappa shape index (κ3) is 4.58. The van der Waals surface area contributed by atoms with Crippen molar-refractivity contribution in [2.24, 2.45) is 5.92 Å². The lowest BCUT2D eigenvalue weighted by Gasteiger charge is -2.29. The van der Waals surface area contributed by atoms with Crippen LogP contribution in [0.2, 0.25) is 0 Å². The van der Waals surface area contributed by atoms with Crippen molar-refractivity contribution in [1.82, 2.24) is 0 Å². The van der Waals surface area contributed by atoms with E-state index in [1.807, 2.05) is 36.4 Å². The van der Waals surface area contributed by atoms with E-state index < -0.39 is 11.9 Å². The number of rotatable bonds is 6. The molecule has 3 rings (SSSR count). The Bertz CT molecular complexity index is 891. The van der Waals surface area contributed by atoms with E-state index in [9.17, 15) is 9.59 Å². The van der Waals surface area contributed by atoms with Crippen molar-refractivity contribution in [3.05, 3.63) is 71.3 Å². The van der Waals surface area contributed by atoms with Crippen LogP contribution >= 0.6 is 0 Å². The molecule has 0 aromatic heterocycles. The van der Waals surface area contributed by atoms with Crippen LogP contribution in [-0.2, 0) is 14.3 Å². The second-order valence-corrected chi connectivity index (χ2v) is 7.66. The van der Waals surface area contributed by atoms with E-state index >= 15 is 0 Å². The summed E-state index contributed by atoms with van der Waals surface area (Å²) in [5, 5.41) is 0. The van der Waals surface area contributed by atoms with E-state index in [0.29, 0.717) is 12.3 Å². The van der Waals surface area contributed by atoms with Crippen molar-refractivity contribution in [3.8, 4) is 5.75 Å². The number of benzene rings is 2. The lowest BCUT2D eigenvalue weighted by molar-refractivity contribution is -0.151. The highest BCUT2D eigenvalue weighted by Crippen LogP contribution is 2.40. The molecule has 2 aromatic carbocycles. The molecule has 2 atom stereocenters. The van der Waals surface area contributed by atoms with Gasteiger partial charge in [-0.05, 0) is 59.7 Å². The summed E-state index contributed by atoms with van der Waals surface area (Å²) in [6.45, 7) is 6.31. The van der Waals surface area contributed by atoms with Gasteiger partial charge in [-0.25, -0.2) is 0 Å². The van der Waals surface area contributed by atoms with Crippen LogP contribution in [-0.4, -0.2) is 25.5 Å². The number of methoxy groups -OCH3 is 1. The zero-order chi connectivity index (χ0) is 21.0. The second-order valence-electron chi connectivity index (χ2n) is 7.66. The van der Waals surface area contributed by atoms with Gasteiger partial charge in [0.1, 0.15) is 11.7 Å². The Kier molecular flexibility index (Phi) is 6.53. The molecule has 0 N–H and O–H groups in total. The predicted octanol–water partition coefficient (Wildman–Crippen LogP) is 5.14. The van der Waals surface area contributed by atoms with E-state index in [2.05, 4.69) is 26.0 Å². The maximum atomic E-state index is 13.0. The number of carbonyl (C=O) groups excluding carboxylic acids is 2. The minimum Gasteiger partial charge on any atom is -0.497 e. The highest BCUT2D eigenvalue weighted by Gasteiger charge is 2.39. The van der Waals surface area contributed by atoms with Crippen LogP contribution in [0.5, 0.6) is 5.75 Å². The molecule has 1 aliphatic rings. The average Bonchev–Trinajstić information content (AvgIpc) is 2.73. The molecule has 0 saturated heterocycles. The van der Waals surface area contributed by atoms with Crippen LogP contribution in [0.15, 0.2) is 54.6 Å². The first-order valence-electron chi connectivity index (χ1n) is 10.1. The van der Waals surface area contributed by atoms with Gasteiger partial charge in [-0.3, -0.25) is 9.59 Å². The lowest BCUT2D eigenvalue weighted by atomic mass is 9.73. The van der Waals surface area contributed by atoms with E-state index in [1.54, 1.807) is 20.1 Å². The average molecular weight is 392 g/mol. The fraction of sp³-hybridized carbons (Fsp3) is 0.360. The number of hydrogen-bond donors (Lipinski definition) is 0. The van der Waals surface area contributed by atoms with E-state index in [1.165, 1.54) is 5.56 Å². The van der Waals surface area contributed by atoms with Crippen LogP contribution < -0.4 is 4.74 Å². The molecule has 29 heavy (non-hydrogen) atoms. The molecule has 0 bridgehead atoms. The summed E-state index contributed by atoms with van der Waals surface area (Å²) in [5.74, 6) is -0.500. The quantitative estimate of drug-likeness (QED) is 0.505. The van der Waals surface area contributed by atoms with Gasteiger partial charge in [0, 0.05) is 5.92 Å². The molecular weight excluding hydrogens is 364 g/mol. The molecule has 4 heteroatoms. The number of allylic oxidation sites excluding steroid dienone is 2. The monoisotopic (exact) mass is 392 g/mol. The minimum atomic E-state index is -0.804. The van der Waals surface area contributed by atoms with Gasteiger partial charge in [0.25, 0.3) is 0 Å². The molecule has 2 unspecified atom stereocenters. The van der Waals surface area contributed by atoms with Gasteiger partial charge < -0.3 is 9.47 Å². The Hall–Kier alpha value is -2.88. The summed E-state index contributed by atoms with van der Waals surface area (Å²) >= 11 is 0. The summed E-state index contributed by atoms with van der Waals surface area (Å²) in [7, 11) is 1.62. The predicted molar refractivity (Wildman–Crippen MR) is 114 cm³/mol. The molecule has 0 amide bonds. The molecule has 0 spiro atoms.